The molecular formula is C48H89N7O15. The molecule has 0 aromatic carbocycles. The highest BCUT2D eigenvalue weighted by Crippen LogP contribution is 2.18. The van der Waals surface area contributed by atoms with Crippen LogP contribution in [0.1, 0.15) is 102 Å². The van der Waals surface area contributed by atoms with E-state index in [1.807, 2.05) is 19.6 Å². The third kappa shape index (κ3) is 35.0. The van der Waals surface area contributed by atoms with Crippen molar-refractivity contribution in [2.24, 2.45) is 0 Å². The fourth-order valence-corrected chi connectivity index (χ4v) is 6.66. The van der Waals surface area contributed by atoms with Gasteiger partial charge in [0.2, 0.25) is 5.91 Å². The maximum Gasteiger partial charge on any atom is 0.323 e. The fourth-order valence-electron chi connectivity index (χ4n) is 6.66. The normalized spacial score (nSPS) is 15.9. The summed E-state index contributed by atoms with van der Waals surface area (Å²) < 4.78 is 43.6. The zero-order valence-corrected chi connectivity index (χ0v) is 44.8. The molecule has 22 heteroatoms. The van der Waals surface area contributed by atoms with Gasteiger partial charge < -0.3 is 53.8 Å². The fraction of sp³-hybridized carbons (Fsp3) is 0.854. The average Bonchev–Trinajstić information content (AvgIpc) is 3.20. The third-order valence-electron chi connectivity index (χ3n) is 9.64. The molecule has 22 nitrogen and oxygen atoms in total. The van der Waals surface area contributed by atoms with Crippen LogP contribution in [0.3, 0.4) is 0 Å². The van der Waals surface area contributed by atoms with E-state index in [0.717, 1.165) is 0 Å². The molecule has 1 aliphatic heterocycles. The smallest absolute Gasteiger partial charge is 0.323 e. The van der Waals surface area contributed by atoms with Crippen molar-refractivity contribution in [3.8, 4) is 0 Å². The summed E-state index contributed by atoms with van der Waals surface area (Å²) in [7, 11) is 1.32. The van der Waals surface area contributed by atoms with Gasteiger partial charge in [0.05, 0.1) is 72.8 Å². The van der Waals surface area contributed by atoms with Crippen molar-refractivity contribution in [2.45, 2.75) is 131 Å². The van der Waals surface area contributed by atoms with Crippen LogP contribution in [0.4, 0.5) is 4.79 Å². The largest absolute Gasteiger partial charge is 0.469 e. The number of methoxy groups -OCH3 is 1. The molecule has 406 valence electrons. The molecular weight excluding hydrogens is 915 g/mol. The molecule has 0 aromatic rings. The quantitative estimate of drug-likeness (QED) is 0.0635. The molecule has 0 aliphatic carbocycles. The minimum Gasteiger partial charge on any atom is -0.469 e. The number of ether oxygens (including phenoxy) is 8. The number of urea groups is 1. The number of amides is 3. The highest BCUT2D eigenvalue weighted by atomic mass is 16.6. The molecule has 1 aliphatic rings. The van der Waals surface area contributed by atoms with Gasteiger partial charge in [-0.25, -0.2) is 4.79 Å². The van der Waals surface area contributed by atoms with Gasteiger partial charge in [-0.05, 0) is 89.5 Å². The lowest BCUT2D eigenvalue weighted by Gasteiger charge is -2.37. The van der Waals surface area contributed by atoms with Crippen molar-refractivity contribution in [3.05, 3.63) is 0 Å². The van der Waals surface area contributed by atoms with Crippen LogP contribution in [0.25, 0.3) is 0 Å². The van der Waals surface area contributed by atoms with Gasteiger partial charge in [0.25, 0.3) is 0 Å². The zero-order valence-electron chi connectivity index (χ0n) is 44.8. The third-order valence-corrected chi connectivity index (χ3v) is 9.64. The Morgan fingerprint density at radius 1 is 0.443 bits per heavy atom. The predicted octanol–water partition coefficient (Wildman–Crippen LogP) is 1.75. The molecule has 3 amide bonds. The Balaban J connectivity index is 3.07. The number of hydrogen-bond acceptors (Lipinski definition) is 19. The summed E-state index contributed by atoms with van der Waals surface area (Å²) in [5, 5.41) is 8.18. The second-order valence-electron chi connectivity index (χ2n) is 20.9. The van der Waals surface area contributed by atoms with E-state index in [9.17, 15) is 33.6 Å². The van der Waals surface area contributed by atoms with Gasteiger partial charge in [0.1, 0.15) is 28.4 Å². The van der Waals surface area contributed by atoms with Crippen LogP contribution in [0.15, 0.2) is 0 Å². The molecule has 70 heavy (non-hydrogen) atoms. The Hall–Kier alpha value is -4.19. The Labute approximate surface area is 417 Å². The van der Waals surface area contributed by atoms with Crippen LogP contribution in [0, 0.1) is 0 Å². The summed E-state index contributed by atoms with van der Waals surface area (Å²) in [5.41, 5.74) is -2.98. The summed E-state index contributed by atoms with van der Waals surface area (Å²) in [6, 6.07) is -1.32. The van der Waals surface area contributed by atoms with Crippen molar-refractivity contribution in [1.29, 1.82) is 0 Å². The number of nitrogens with zero attached hydrogens (tertiary/aromatic N) is 4. The van der Waals surface area contributed by atoms with Crippen LogP contribution >= 0.6 is 0 Å². The highest BCUT2D eigenvalue weighted by molar-refractivity contribution is 5.80. The molecule has 1 atom stereocenters. The monoisotopic (exact) mass is 1000 g/mol. The van der Waals surface area contributed by atoms with E-state index in [0.29, 0.717) is 65.7 Å². The average molecular weight is 1000 g/mol. The lowest BCUT2D eigenvalue weighted by Crippen LogP contribution is -2.53. The summed E-state index contributed by atoms with van der Waals surface area (Å²) in [6.45, 7) is 26.4. The summed E-state index contributed by atoms with van der Waals surface area (Å²) in [4.78, 5) is 98.0. The maximum absolute atomic E-state index is 14.1. The van der Waals surface area contributed by atoms with E-state index in [-0.39, 0.29) is 96.7 Å². The number of carbonyl (C=O) groups is 7. The number of rotatable bonds is 26. The lowest BCUT2D eigenvalue weighted by molar-refractivity contribution is -0.163. The van der Waals surface area contributed by atoms with Gasteiger partial charge in [-0.1, -0.05) is 0 Å². The maximum atomic E-state index is 14.1. The molecule has 1 saturated heterocycles. The molecule has 1 rings (SSSR count). The summed E-state index contributed by atoms with van der Waals surface area (Å²) in [5.74, 6) is -2.46. The molecule has 3 N–H and O–H groups in total. The molecule has 1 fully saturated rings. The van der Waals surface area contributed by atoms with E-state index in [2.05, 4.69) is 20.7 Å². The molecule has 0 aromatic heterocycles. The Morgan fingerprint density at radius 2 is 0.814 bits per heavy atom. The van der Waals surface area contributed by atoms with Gasteiger partial charge in [-0.2, -0.15) is 0 Å². The van der Waals surface area contributed by atoms with Gasteiger partial charge in [-0.15, -0.1) is 0 Å². The number of carbonyl (C=O) groups excluding carboxylic acids is 7. The number of nitrogens with one attached hydrogen (secondary N) is 3. The number of hydrogen-bond donors (Lipinski definition) is 3. The first-order valence-electron chi connectivity index (χ1n) is 24.4. The first-order chi connectivity index (χ1) is 32.5. The van der Waals surface area contributed by atoms with E-state index in [4.69, 9.17) is 33.2 Å². The van der Waals surface area contributed by atoms with Crippen LogP contribution in [0.2, 0.25) is 0 Å². The second kappa shape index (κ2) is 32.7. The first kappa shape index (κ1) is 63.8. The SMILES string of the molecule is COC(=O)CCOCCOCCOCCNC(=O)NCCNC(=O)CC[C@H](C(=O)OC(C)(C)C)N1CCN(CC(=O)OC(C)(C)C)CCN(CC(=O)OC(C)(C)C)CCN(CC(=O)OC(C)(C)C)CC1. The van der Waals surface area contributed by atoms with Gasteiger partial charge in [-0.3, -0.25) is 48.4 Å². The first-order valence-corrected chi connectivity index (χ1v) is 24.4. The van der Waals surface area contributed by atoms with Gasteiger partial charge >= 0.3 is 35.9 Å². The van der Waals surface area contributed by atoms with Crippen LogP contribution < -0.4 is 16.0 Å². The molecule has 0 saturated carbocycles. The molecule has 0 unspecified atom stereocenters. The summed E-state index contributed by atoms with van der Waals surface area (Å²) in [6.07, 6.45) is 0.227. The minimum atomic E-state index is -0.890. The van der Waals surface area contributed by atoms with E-state index in [1.165, 1.54) is 7.11 Å². The molecule has 0 radical (unpaired) electrons. The van der Waals surface area contributed by atoms with E-state index in [1.54, 1.807) is 83.1 Å². The van der Waals surface area contributed by atoms with Gasteiger partial charge in [0.15, 0.2) is 0 Å². The lowest BCUT2D eigenvalue weighted by atomic mass is 10.1. The van der Waals surface area contributed by atoms with Crippen LogP contribution in [-0.2, 0) is 66.7 Å². The van der Waals surface area contributed by atoms with Crippen molar-refractivity contribution < 1.29 is 71.5 Å². The van der Waals surface area contributed by atoms with Crippen LogP contribution in [-0.4, -0.2) is 228 Å². The van der Waals surface area contributed by atoms with Crippen molar-refractivity contribution in [1.82, 2.24) is 35.6 Å². The predicted molar refractivity (Wildman–Crippen MR) is 261 cm³/mol. The second-order valence-corrected chi connectivity index (χ2v) is 20.9. The minimum absolute atomic E-state index is 0.00932. The van der Waals surface area contributed by atoms with Gasteiger partial charge in [0, 0.05) is 78.4 Å². The van der Waals surface area contributed by atoms with E-state index < -0.39 is 58.4 Å². The van der Waals surface area contributed by atoms with Crippen LogP contribution in [0.5, 0.6) is 0 Å². The zero-order chi connectivity index (χ0) is 53.0. The topological polar surface area (TPSA) is 242 Å². The molecule has 0 spiro atoms. The standard InChI is InChI=1S/C48H89N7O15/c1-45(2,3)67-40(58)34-52-20-22-53(35-41(59)68-46(4,5)6)24-26-55(27-25-54(23-21-52)36-42(60)69-47(7,8)9)37(43(61)70-48(10,11)12)14-15-38(56)49-17-18-50-44(62)51-19-29-65-31-33-66-32-30-64-28-16-39(57)63-13/h37H,14-36H2,1-13H3,(H,49,56)(H2,50,51,62)/t37-/m1/s1. The Bertz CT molecular complexity index is 1550. The highest BCUT2D eigenvalue weighted by Gasteiger charge is 2.33. The van der Waals surface area contributed by atoms with Crippen molar-refractivity contribution in [3.63, 3.8) is 0 Å². The Kier molecular flexibility index (Phi) is 29.8. The molecule has 0 bridgehead atoms. The Morgan fingerprint density at radius 3 is 1.23 bits per heavy atom. The summed E-state index contributed by atoms with van der Waals surface area (Å²) >= 11 is 0. The molecule has 1 heterocycles. The number of esters is 5. The van der Waals surface area contributed by atoms with Crippen molar-refractivity contribution >= 4 is 41.8 Å². The van der Waals surface area contributed by atoms with Crippen molar-refractivity contribution in [2.75, 3.05) is 138 Å². The van der Waals surface area contributed by atoms with E-state index >= 15 is 0 Å².